The lowest BCUT2D eigenvalue weighted by molar-refractivity contribution is 0.354. The molecule has 4 nitrogen and oxygen atoms in total. The molecule has 2 N–H and O–H groups in total. The van der Waals surface area contributed by atoms with E-state index in [0.29, 0.717) is 6.61 Å². The van der Waals surface area contributed by atoms with E-state index in [2.05, 4.69) is 11.6 Å². The Bertz CT molecular complexity index is 805. The Morgan fingerprint density at radius 1 is 1.33 bits per heavy atom. The van der Waals surface area contributed by atoms with Crippen LogP contribution in [-0.2, 0) is 0 Å². The maximum absolute atomic E-state index is 5.83. The first-order chi connectivity index (χ1) is 10.1. The zero-order valence-corrected chi connectivity index (χ0v) is 11.9. The van der Waals surface area contributed by atoms with E-state index in [4.69, 9.17) is 10.5 Å². The van der Waals surface area contributed by atoms with Crippen LogP contribution in [0.25, 0.3) is 16.9 Å². The summed E-state index contributed by atoms with van der Waals surface area (Å²) in [5.41, 5.74) is 10.2. The van der Waals surface area contributed by atoms with Crippen LogP contribution in [0.2, 0.25) is 0 Å². The molecule has 0 aliphatic carbocycles. The van der Waals surface area contributed by atoms with E-state index in [-0.39, 0.29) is 0 Å². The number of rotatable bonds is 4. The van der Waals surface area contributed by atoms with E-state index >= 15 is 0 Å². The fourth-order valence-corrected chi connectivity index (χ4v) is 2.14. The normalized spacial score (nSPS) is 10.7. The SMILES string of the molecule is C=C(C)COc1cccn2cc(-c3cccc(N)c3)nc12. The Kier molecular flexibility index (Phi) is 3.36. The summed E-state index contributed by atoms with van der Waals surface area (Å²) < 4.78 is 7.70. The highest BCUT2D eigenvalue weighted by atomic mass is 16.5. The molecule has 3 aromatic rings. The first kappa shape index (κ1) is 13.2. The minimum absolute atomic E-state index is 0.486. The molecule has 21 heavy (non-hydrogen) atoms. The van der Waals surface area contributed by atoms with Crippen molar-refractivity contribution in [3.63, 3.8) is 0 Å². The third-order valence-corrected chi connectivity index (χ3v) is 3.10. The van der Waals surface area contributed by atoms with Crippen LogP contribution in [0.5, 0.6) is 5.75 Å². The minimum Gasteiger partial charge on any atom is -0.485 e. The molecule has 2 heterocycles. The quantitative estimate of drug-likeness (QED) is 0.587. The van der Waals surface area contributed by atoms with Gasteiger partial charge in [0.15, 0.2) is 11.4 Å². The van der Waals surface area contributed by atoms with Crippen LogP contribution in [0, 0.1) is 0 Å². The minimum atomic E-state index is 0.486. The van der Waals surface area contributed by atoms with E-state index in [9.17, 15) is 0 Å². The fraction of sp³-hybridized carbons (Fsp3) is 0.118. The predicted octanol–water partition coefficient (Wildman–Crippen LogP) is 3.54. The van der Waals surface area contributed by atoms with Crippen LogP contribution in [0.15, 0.2) is 60.9 Å². The van der Waals surface area contributed by atoms with Crippen LogP contribution in [0.1, 0.15) is 6.92 Å². The lowest BCUT2D eigenvalue weighted by Gasteiger charge is -2.06. The molecular formula is C17H17N3O. The molecule has 4 heteroatoms. The first-order valence-corrected chi connectivity index (χ1v) is 6.74. The number of nitrogens with two attached hydrogens (primary N) is 1. The summed E-state index contributed by atoms with van der Waals surface area (Å²) >= 11 is 0. The number of hydrogen-bond donors (Lipinski definition) is 1. The van der Waals surface area contributed by atoms with Crippen LogP contribution < -0.4 is 10.5 Å². The highest BCUT2D eigenvalue weighted by Crippen LogP contribution is 2.25. The average Bonchev–Trinajstić information content (AvgIpc) is 2.89. The molecule has 0 spiro atoms. The Morgan fingerprint density at radius 2 is 2.19 bits per heavy atom. The number of nitrogen functional groups attached to an aromatic ring is 1. The van der Waals surface area contributed by atoms with Crippen LogP contribution >= 0.6 is 0 Å². The number of imidazole rings is 1. The summed E-state index contributed by atoms with van der Waals surface area (Å²) in [5, 5.41) is 0. The number of anilines is 1. The summed E-state index contributed by atoms with van der Waals surface area (Å²) in [6.07, 6.45) is 3.92. The molecule has 0 saturated carbocycles. The Balaban J connectivity index is 2.03. The maximum Gasteiger partial charge on any atom is 0.180 e. The molecule has 0 fully saturated rings. The predicted molar refractivity (Wildman–Crippen MR) is 85.3 cm³/mol. The highest BCUT2D eigenvalue weighted by molar-refractivity contribution is 5.68. The molecule has 106 valence electrons. The number of pyridine rings is 1. The van der Waals surface area contributed by atoms with Crippen molar-refractivity contribution in [2.75, 3.05) is 12.3 Å². The van der Waals surface area contributed by atoms with Crippen LogP contribution in [0.4, 0.5) is 5.69 Å². The molecule has 0 amide bonds. The van der Waals surface area contributed by atoms with Gasteiger partial charge in [0.05, 0.1) is 5.69 Å². The van der Waals surface area contributed by atoms with E-state index in [1.165, 1.54) is 0 Å². The molecule has 0 aliphatic rings. The molecule has 0 atom stereocenters. The van der Waals surface area contributed by atoms with Crippen molar-refractivity contribution in [1.82, 2.24) is 9.38 Å². The number of fused-ring (bicyclic) bond motifs is 1. The van der Waals surface area contributed by atoms with Crippen molar-refractivity contribution in [3.8, 4) is 17.0 Å². The topological polar surface area (TPSA) is 52.5 Å². The van der Waals surface area contributed by atoms with Crippen molar-refractivity contribution >= 4 is 11.3 Å². The third kappa shape index (κ3) is 2.74. The van der Waals surface area contributed by atoms with Gasteiger partial charge in [-0.05, 0) is 36.8 Å². The van der Waals surface area contributed by atoms with Gasteiger partial charge in [0, 0.05) is 23.6 Å². The lowest BCUT2D eigenvalue weighted by Crippen LogP contribution is -1.99. The van der Waals surface area contributed by atoms with Crippen LogP contribution in [-0.4, -0.2) is 16.0 Å². The number of nitrogens with zero attached hydrogens (tertiary/aromatic N) is 2. The number of ether oxygens (including phenoxy) is 1. The van der Waals surface area contributed by atoms with E-state index in [0.717, 1.165) is 33.9 Å². The summed E-state index contributed by atoms with van der Waals surface area (Å²) in [5.74, 6) is 0.746. The van der Waals surface area contributed by atoms with Crippen molar-refractivity contribution in [3.05, 3.63) is 60.9 Å². The van der Waals surface area contributed by atoms with Crippen LogP contribution in [0.3, 0.4) is 0 Å². The van der Waals surface area contributed by atoms with Crippen molar-refractivity contribution in [2.45, 2.75) is 6.92 Å². The van der Waals surface area contributed by atoms with Gasteiger partial charge < -0.3 is 14.9 Å². The third-order valence-electron chi connectivity index (χ3n) is 3.10. The summed E-state index contributed by atoms with van der Waals surface area (Å²) in [4.78, 5) is 4.65. The van der Waals surface area contributed by atoms with E-state index in [1.807, 2.05) is 60.1 Å². The van der Waals surface area contributed by atoms with E-state index in [1.54, 1.807) is 0 Å². The standard InChI is InChI=1S/C17H17N3O/c1-12(2)11-21-16-7-4-8-20-10-15(19-17(16)20)13-5-3-6-14(18)9-13/h3-10H,1,11,18H2,2H3. The molecule has 1 aromatic carbocycles. The van der Waals surface area contributed by atoms with Crippen molar-refractivity contribution in [2.24, 2.45) is 0 Å². The largest absolute Gasteiger partial charge is 0.485 e. The lowest BCUT2D eigenvalue weighted by atomic mass is 10.1. The second-order valence-electron chi connectivity index (χ2n) is 5.10. The Labute approximate surface area is 123 Å². The van der Waals surface area contributed by atoms with Crippen molar-refractivity contribution in [1.29, 1.82) is 0 Å². The van der Waals surface area contributed by atoms with E-state index < -0.39 is 0 Å². The first-order valence-electron chi connectivity index (χ1n) is 6.74. The van der Waals surface area contributed by atoms with Gasteiger partial charge in [0.2, 0.25) is 0 Å². The second kappa shape index (κ2) is 5.32. The summed E-state index contributed by atoms with van der Waals surface area (Å²) in [6.45, 7) is 6.27. The molecule has 0 unspecified atom stereocenters. The number of benzene rings is 1. The summed E-state index contributed by atoms with van der Waals surface area (Å²) in [6, 6.07) is 11.5. The Morgan fingerprint density at radius 3 is 2.95 bits per heavy atom. The molecule has 0 aliphatic heterocycles. The van der Waals surface area contributed by atoms with Gasteiger partial charge in [-0.15, -0.1) is 0 Å². The number of aromatic nitrogens is 2. The zero-order valence-electron chi connectivity index (χ0n) is 11.9. The maximum atomic E-state index is 5.83. The smallest absolute Gasteiger partial charge is 0.180 e. The fourth-order valence-electron chi connectivity index (χ4n) is 2.14. The summed E-state index contributed by atoms with van der Waals surface area (Å²) in [7, 11) is 0. The molecular weight excluding hydrogens is 262 g/mol. The molecule has 2 aromatic heterocycles. The molecule has 3 rings (SSSR count). The van der Waals surface area contributed by atoms with Gasteiger partial charge in [0.25, 0.3) is 0 Å². The van der Waals surface area contributed by atoms with Gasteiger partial charge in [-0.3, -0.25) is 0 Å². The van der Waals surface area contributed by atoms with Gasteiger partial charge >= 0.3 is 0 Å². The van der Waals surface area contributed by atoms with Gasteiger partial charge in [-0.2, -0.15) is 0 Å². The van der Waals surface area contributed by atoms with Crippen molar-refractivity contribution < 1.29 is 4.74 Å². The highest BCUT2D eigenvalue weighted by Gasteiger charge is 2.09. The van der Waals surface area contributed by atoms with Gasteiger partial charge in [0.1, 0.15) is 6.61 Å². The van der Waals surface area contributed by atoms with Gasteiger partial charge in [-0.1, -0.05) is 18.7 Å². The number of hydrogen-bond acceptors (Lipinski definition) is 3. The molecule has 0 radical (unpaired) electrons. The zero-order chi connectivity index (χ0) is 14.8. The second-order valence-corrected chi connectivity index (χ2v) is 5.10. The molecule has 0 bridgehead atoms. The van der Waals surface area contributed by atoms with Gasteiger partial charge in [-0.25, -0.2) is 4.98 Å². The monoisotopic (exact) mass is 279 g/mol. The molecule has 0 saturated heterocycles. The average molecular weight is 279 g/mol. The Hall–Kier alpha value is -2.75.